The van der Waals surface area contributed by atoms with Gasteiger partial charge in [-0.05, 0) is 36.7 Å². The van der Waals surface area contributed by atoms with Crippen LogP contribution in [0.5, 0.6) is 0 Å². The Morgan fingerprint density at radius 2 is 2.00 bits per heavy atom. The summed E-state index contributed by atoms with van der Waals surface area (Å²) in [5.74, 6) is 0. The predicted molar refractivity (Wildman–Crippen MR) is 82.1 cm³/mol. The van der Waals surface area contributed by atoms with E-state index in [1.807, 2.05) is 13.0 Å². The third-order valence-electron chi connectivity index (χ3n) is 3.02. The van der Waals surface area contributed by atoms with E-state index in [-0.39, 0.29) is 4.90 Å². The van der Waals surface area contributed by atoms with Gasteiger partial charge in [0.05, 0.1) is 11.4 Å². The second kappa shape index (κ2) is 7.62. The number of benzene rings is 1. The second-order valence-electron chi connectivity index (χ2n) is 4.66. The summed E-state index contributed by atoms with van der Waals surface area (Å²) < 4.78 is 51.0. The van der Waals surface area contributed by atoms with Crippen LogP contribution in [0.1, 0.15) is 18.1 Å². The molecule has 0 bridgehead atoms. The normalized spacial score (nSPS) is 12.4. The third kappa shape index (κ3) is 4.70. The lowest BCUT2D eigenvalue weighted by Gasteiger charge is -2.19. The van der Waals surface area contributed by atoms with E-state index in [9.17, 15) is 17.2 Å². The van der Waals surface area contributed by atoms with Gasteiger partial charge in [0, 0.05) is 18.1 Å². The summed E-state index contributed by atoms with van der Waals surface area (Å²) in [5, 5.41) is 3.10. The van der Waals surface area contributed by atoms with E-state index in [2.05, 4.69) is 21.2 Å². The smallest absolute Gasteiger partial charge is 0.252 e. The Bertz CT molecular complexity index is 594. The number of sulfonamides is 1. The Balaban J connectivity index is 3.24. The number of alkyl halides is 2. The van der Waals surface area contributed by atoms with Crippen molar-refractivity contribution < 1.29 is 17.2 Å². The third-order valence-corrected chi connectivity index (χ3v) is 5.79. The van der Waals surface area contributed by atoms with E-state index < -0.39 is 23.0 Å². The zero-order valence-electron chi connectivity index (χ0n) is 12.2. The van der Waals surface area contributed by atoms with Crippen LogP contribution in [-0.2, 0) is 16.6 Å². The molecule has 120 valence electrons. The second-order valence-corrected chi connectivity index (χ2v) is 7.53. The highest BCUT2D eigenvalue weighted by Gasteiger charge is 2.26. The Morgan fingerprint density at radius 3 is 2.52 bits per heavy atom. The van der Waals surface area contributed by atoms with Crippen molar-refractivity contribution in [3.63, 3.8) is 0 Å². The van der Waals surface area contributed by atoms with Gasteiger partial charge < -0.3 is 5.32 Å². The van der Waals surface area contributed by atoms with Crippen LogP contribution in [0.25, 0.3) is 0 Å². The zero-order chi connectivity index (χ0) is 16.2. The molecule has 1 N–H and O–H groups in total. The minimum Gasteiger partial charge on any atom is -0.313 e. The first-order valence-corrected chi connectivity index (χ1v) is 8.67. The first-order valence-electron chi connectivity index (χ1n) is 6.44. The average Bonchev–Trinajstić information content (AvgIpc) is 2.38. The lowest BCUT2D eigenvalue weighted by atomic mass is 10.1. The van der Waals surface area contributed by atoms with Crippen molar-refractivity contribution in [2.75, 3.05) is 20.1 Å². The Morgan fingerprint density at radius 1 is 1.38 bits per heavy atom. The molecule has 0 saturated heterocycles. The van der Waals surface area contributed by atoms with Crippen molar-refractivity contribution in [3.8, 4) is 0 Å². The van der Waals surface area contributed by atoms with Crippen molar-refractivity contribution in [3.05, 3.63) is 27.7 Å². The van der Waals surface area contributed by atoms with Crippen LogP contribution in [0.4, 0.5) is 8.78 Å². The molecule has 0 aliphatic carbocycles. The molecule has 0 fully saturated rings. The first kappa shape index (κ1) is 18.5. The van der Waals surface area contributed by atoms with Crippen molar-refractivity contribution in [1.82, 2.24) is 9.62 Å². The highest BCUT2D eigenvalue weighted by atomic mass is 79.9. The lowest BCUT2D eigenvalue weighted by molar-refractivity contribution is 0.126. The monoisotopic (exact) mass is 384 g/mol. The van der Waals surface area contributed by atoms with E-state index in [1.54, 1.807) is 6.92 Å². The molecule has 0 unspecified atom stereocenters. The number of halogens is 3. The zero-order valence-corrected chi connectivity index (χ0v) is 14.6. The molecule has 1 aromatic rings. The molecule has 0 saturated carbocycles. The van der Waals surface area contributed by atoms with Crippen LogP contribution in [0, 0.1) is 6.92 Å². The molecule has 1 rings (SSSR count). The summed E-state index contributed by atoms with van der Waals surface area (Å²) in [7, 11) is -2.78. The van der Waals surface area contributed by atoms with Crippen LogP contribution in [0.2, 0.25) is 0 Å². The summed E-state index contributed by atoms with van der Waals surface area (Å²) in [6, 6.07) is 3.35. The molecular weight excluding hydrogens is 366 g/mol. The molecular formula is C13H19BrF2N2O2S. The van der Waals surface area contributed by atoms with Gasteiger partial charge >= 0.3 is 0 Å². The first-order chi connectivity index (χ1) is 9.70. The van der Waals surface area contributed by atoms with Crippen LogP contribution in [0.15, 0.2) is 21.5 Å². The summed E-state index contributed by atoms with van der Waals surface area (Å²) in [6.07, 6.45) is -2.71. The molecule has 1 aromatic carbocycles. The SMILES string of the molecule is CCNCc1cc(Br)c(C)c(S(=O)(=O)N(C)CC(F)F)c1. The van der Waals surface area contributed by atoms with Crippen LogP contribution in [0.3, 0.4) is 0 Å². The van der Waals surface area contributed by atoms with Crippen LogP contribution in [-0.4, -0.2) is 39.3 Å². The number of nitrogens with zero attached hydrogens (tertiary/aromatic N) is 1. The maximum atomic E-state index is 12.4. The number of hydrogen-bond acceptors (Lipinski definition) is 3. The van der Waals surface area contributed by atoms with E-state index in [1.165, 1.54) is 6.07 Å². The lowest BCUT2D eigenvalue weighted by Crippen LogP contribution is -2.32. The Labute approximate surface area is 132 Å². The highest BCUT2D eigenvalue weighted by Crippen LogP contribution is 2.28. The van der Waals surface area contributed by atoms with Crippen molar-refractivity contribution in [2.24, 2.45) is 0 Å². The van der Waals surface area contributed by atoms with E-state index in [0.717, 1.165) is 19.2 Å². The van der Waals surface area contributed by atoms with Gasteiger partial charge in [-0.2, -0.15) is 4.31 Å². The molecule has 8 heteroatoms. The van der Waals surface area contributed by atoms with Gasteiger partial charge in [-0.15, -0.1) is 0 Å². The fraction of sp³-hybridized carbons (Fsp3) is 0.538. The highest BCUT2D eigenvalue weighted by molar-refractivity contribution is 9.10. The molecule has 0 heterocycles. The summed E-state index contributed by atoms with van der Waals surface area (Å²) in [6.45, 7) is 4.02. The van der Waals surface area contributed by atoms with Gasteiger partial charge in [-0.3, -0.25) is 0 Å². The van der Waals surface area contributed by atoms with Gasteiger partial charge in [0.2, 0.25) is 10.0 Å². The predicted octanol–water partition coefficient (Wildman–Crippen LogP) is 2.75. The van der Waals surface area contributed by atoms with Crippen LogP contribution >= 0.6 is 15.9 Å². The number of rotatable bonds is 7. The van der Waals surface area contributed by atoms with Gasteiger partial charge in [0.15, 0.2) is 0 Å². The van der Waals surface area contributed by atoms with Gasteiger partial charge in [0.25, 0.3) is 6.43 Å². The molecule has 0 spiro atoms. The van der Waals surface area contributed by atoms with Crippen LogP contribution < -0.4 is 5.32 Å². The summed E-state index contributed by atoms with van der Waals surface area (Å²) in [5.41, 5.74) is 1.29. The maximum Gasteiger partial charge on any atom is 0.252 e. The Hall–Kier alpha value is -0.570. The number of hydrogen-bond donors (Lipinski definition) is 1. The van der Waals surface area contributed by atoms with E-state index >= 15 is 0 Å². The van der Waals surface area contributed by atoms with E-state index in [4.69, 9.17) is 0 Å². The topological polar surface area (TPSA) is 49.4 Å². The minimum absolute atomic E-state index is 0.0490. The largest absolute Gasteiger partial charge is 0.313 e. The average molecular weight is 385 g/mol. The summed E-state index contributed by atoms with van der Waals surface area (Å²) in [4.78, 5) is 0.0490. The maximum absolute atomic E-state index is 12.4. The van der Waals surface area contributed by atoms with Gasteiger partial charge in [0.1, 0.15) is 0 Å². The van der Waals surface area contributed by atoms with Crippen molar-refractivity contribution in [1.29, 1.82) is 0 Å². The van der Waals surface area contributed by atoms with E-state index in [0.29, 0.717) is 20.9 Å². The molecule has 21 heavy (non-hydrogen) atoms. The number of nitrogens with one attached hydrogen (secondary N) is 1. The molecule has 0 aliphatic rings. The molecule has 0 aliphatic heterocycles. The molecule has 0 radical (unpaired) electrons. The van der Waals surface area contributed by atoms with Gasteiger partial charge in [-0.25, -0.2) is 17.2 Å². The van der Waals surface area contributed by atoms with Crippen molar-refractivity contribution in [2.45, 2.75) is 31.7 Å². The molecule has 4 nitrogen and oxygen atoms in total. The standard InChI is InChI=1S/C13H19BrF2N2O2S/c1-4-17-7-10-5-11(14)9(2)12(6-10)21(19,20)18(3)8-13(15)16/h5-6,13,17H,4,7-8H2,1-3H3. The molecule has 0 atom stereocenters. The fourth-order valence-corrected chi connectivity index (χ4v) is 3.89. The molecule has 0 amide bonds. The fourth-order valence-electron chi connectivity index (χ4n) is 1.81. The van der Waals surface area contributed by atoms with Gasteiger partial charge in [-0.1, -0.05) is 22.9 Å². The molecule has 0 aromatic heterocycles. The quantitative estimate of drug-likeness (QED) is 0.786. The minimum atomic E-state index is -3.94. The Kier molecular flexibility index (Phi) is 6.71. The van der Waals surface area contributed by atoms with Crippen molar-refractivity contribution >= 4 is 26.0 Å². The summed E-state index contributed by atoms with van der Waals surface area (Å²) >= 11 is 3.32.